The second kappa shape index (κ2) is 4.51. The standard InChI is InChI=1S/C14H17NO3/c15-9-6-10-4-5-11-13(12(10)16)18-14(17-11)7-2-1-3-8-14/h4-6,11-13,16H,1-3,7-8H2/b10-6+/t11-,12+,13-/m1/s1. The molecule has 1 saturated carbocycles. The van der Waals surface area contributed by atoms with E-state index < -0.39 is 11.9 Å². The van der Waals surface area contributed by atoms with Gasteiger partial charge in [-0.25, -0.2) is 0 Å². The first kappa shape index (κ1) is 11.9. The van der Waals surface area contributed by atoms with Crippen LogP contribution in [0.4, 0.5) is 0 Å². The fourth-order valence-electron chi connectivity index (χ4n) is 3.08. The highest BCUT2D eigenvalue weighted by Gasteiger charge is 2.51. The number of allylic oxidation sites excluding steroid dienone is 1. The van der Waals surface area contributed by atoms with Crippen molar-refractivity contribution in [1.29, 1.82) is 5.26 Å². The molecule has 0 aromatic carbocycles. The molecule has 0 unspecified atom stereocenters. The van der Waals surface area contributed by atoms with Crippen LogP contribution in [0.2, 0.25) is 0 Å². The summed E-state index contributed by atoms with van der Waals surface area (Å²) in [6, 6.07) is 1.95. The van der Waals surface area contributed by atoms with Gasteiger partial charge in [0, 0.05) is 18.9 Å². The molecule has 18 heavy (non-hydrogen) atoms. The average Bonchev–Trinajstić information content (AvgIpc) is 2.73. The van der Waals surface area contributed by atoms with Crippen molar-refractivity contribution in [3.8, 4) is 6.07 Å². The van der Waals surface area contributed by atoms with Crippen LogP contribution >= 0.6 is 0 Å². The van der Waals surface area contributed by atoms with Gasteiger partial charge in [0.05, 0.1) is 6.07 Å². The van der Waals surface area contributed by atoms with E-state index >= 15 is 0 Å². The van der Waals surface area contributed by atoms with E-state index in [4.69, 9.17) is 14.7 Å². The molecule has 0 aromatic heterocycles. The van der Waals surface area contributed by atoms with E-state index in [1.54, 1.807) is 6.08 Å². The maximum Gasteiger partial charge on any atom is 0.169 e. The van der Waals surface area contributed by atoms with Crippen LogP contribution in [-0.2, 0) is 9.47 Å². The molecule has 1 N–H and O–H groups in total. The fraction of sp³-hybridized carbons (Fsp3) is 0.643. The van der Waals surface area contributed by atoms with Crippen LogP contribution in [0.3, 0.4) is 0 Å². The molecule has 3 rings (SSSR count). The van der Waals surface area contributed by atoms with Gasteiger partial charge in [0.25, 0.3) is 0 Å². The van der Waals surface area contributed by atoms with E-state index in [1.165, 1.54) is 12.5 Å². The summed E-state index contributed by atoms with van der Waals surface area (Å²) >= 11 is 0. The molecule has 4 nitrogen and oxygen atoms in total. The van der Waals surface area contributed by atoms with E-state index in [1.807, 2.05) is 12.1 Å². The quantitative estimate of drug-likeness (QED) is 0.663. The van der Waals surface area contributed by atoms with Gasteiger partial charge in [-0.15, -0.1) is 0 Å². The average molecular weight is 247 g/mol. The largest absolute Gasteiger partial charge is 0.386 e. The minimum Gasteiger partial charge on any atom is -0.386 e. The SMILES string of the molecule is N#C/C=C1\C=C[C@H]2OC3(CCCCC3)O[C@H]2[C@H]1O. The Morgan fingerprint density at radius 2 is 2.11 bits per heavy atom. The lowest BCUT2D eigenvalue weighted by molar-refractivity contribution is -0.196. The molecule has 0 amide bonds. The van der Waals surface area contributed by atoms with Gasteiger partial charge in [-0.05, 0) is 18.4 Å². The molecule has 96 valence electrons. The summed E-state index contributed by atoms with van der Waals surface area (Å²) in [5.74, 6) is -0.499. The molecule has 2 aliphatic carbocycles. The third kappa shape index (κ3) is 1.89. The monoisotopic (exact) mass is 247 g/mol. The lowest BCUT2D eigenvalue weighted by atomic mass is 9.93. The number of hydrogen-bond donors (Lipinski definition) is 1. The maximum atomic E-state index is 10.2. The van der Waals surface area contributed by atoms with Gasteiger partial charge in [0.1, 0.15) is 18.3 Å². The Kier molecular flexibility index (Phi) is 2.98. The Morgan fingerprint density at radius 1 is 1.33 bits per heavy atom. The molecule has 1 aliphatic heterocycles. The first-order valence-electron chi connectivity index (χ1n) is 6.56. The maximum absolute atomic E-state index is 10.2. The topological polar surface area (TPSA) is 62.5 Å². The highest BCUT2D eigenvalue weighted by Crippen LogP contribution is 2.43. The van der Waals surface area contributed by atoms with Gasteiger partial charge in [-0.2, -0.15) is 5.26 Å². The number of nitrogens with zero attached hydrogens (tertiary/aromatic N) is 1. The van der Waals surface area contributed by atoms with Crippen molar-refractivity contribution < 1.29 is 14.6 Å². The summed E-state index contributed by atoms with van der Waals surface area (Å²) in [5, 5.41) is 18.9. The van der Waals surface area contributed by atoms with Crippen LogP contribution < -0.4 is 0 Å². The third-order valence-electron chi connectivity index (χ3n) is 4.00. The Balaban J connectivity index is 1.81. The van der Waals surface area contributed by atoms with Crippen molar-refractivity contribution in [2.24, 2.45) is 0 Å². The lowest BCUT2D eigenvalue weighted by Crippen LogP contribution is -2.38. The van der Waals surface area contributed by atoms with Gasteiger partial charge in [0.15, 0.2) is 5.79 Å². The second-order valence-corrected chi connectivity index (χ2v) is 5.21. The molecule has 0 radical (unpaired) electrons. The summed E-state index contributed by atoms with van der Waals surface area (Å²) < 4.78 is 12.0. The number of aliphatic hydroxyl groups is 1. The second-order valence-electron chi connectivity index (χ2n) is 5.21. The van der Waals surface area contributed by atoms with Gasteiger partial charge >= 0.3 is 0 Å². The minimum absolute atomic E-state index is 0.186. The van der Waals surface area contributed by atoms with Gasteiger partial charge in [-0.3, -0.25) is 0 Å². The van der Waals surface area contributed by atoms with E-state index in [0.29, 0.717) is 5.57 Å². The summed E-state index contributed by atoms with van der Waals surface area (Å²) in [7, 11) is 0. The highest BCUT2D eigenvalue weighted by atomic mass is 16.8. The van der Waals surface area contributed by atoms with Gasteiger partial charge in [-0.1, -0.05) is 18.6 Å². The molecular formula is C14H17NO3. The molecule has 1 spiro atoms. The molecule has 0 aromatic rings. The normalized spacial score (nSPS) is 39.8. The predicted molar refractivity (Wildman–Crippen MR) is 64.4 cm³/mol. The Labute approximate surface area is 107 Å². The van der Waals surface area contributed by atoms with Crippen LogP contribution in [0, 0.1) is 11.3 Å². The Morgan fingerprint density at radius 3 is 2.83 bits per heavy atom. The van der Waals surface area contributed by atoms with Crippen molar-refractivity contribution in [3.63, 3.8) is 0 Å². The molecule has 2 fully saturated rings. The number of ether oxygens (including phenoxy) is 2. The molecule has 3 aliphatic rings. The Hall–Kier alpha value is -1.15. The van der Waals surface area contributed by atoms with Crippen LogP contribution in [0.5, 0.6) is 0 Å². The molecule has 4 heteroatoms. The number of rotatable bonds is 0. The fourth-order valence-corrected chi connectivity index (χ4v) is 3.08. The van der Waals surface area contributed by atoms with Crippen molar-refractivity contribution in [3.05, 3.63) is 23.8 Å². The number of nitriles is 1. The van der Waals surface area contributed by atoms with Crippen molar-refractivity contribution in [2.45, 2.75) is 56.2 Å². The number of fused-ring (bicyclic) bond motifs is 1. The van der Waals surface area contributed by atoms with Crippen LogP contribution in [0.1, 0.15) is 32.1 Å². The van der Waals surface area contributed by atoms with Crippen LogP contribution in [0.25, 0.3) is 0 Å². The van der Waals surface area contributed by atoms with Crippen LogP contribution in [0.15, 0.2) is 23.8 Å². The zero-order valence-electron chi connectivity index (χ0n) is 10.2. The third-order valence-corrected chi connectivity index (χ3v) is 4.00. The summed E-state index contributed by atoms with van der Waals surface area (Å²) in [6.07, 6.45) is 8.96. The first-order chi connectivity index (χ1) is 8.74. The lowest BCUT2D eigenvalue weighted by Gasteiger charge is -2.32. The number of hydrogen-bond acceptors (Lipinski definition) is 4. The highest BCUT2D eigenvalue weighted by molar-refractivity contribution is 5.34. The van der Waals surface area contributed by atoms with Crippen molar-refractivity contribution in [2.75, 3.05) is 0 Å². The Bertz CT molecular complexity index is 429. The molecule has 1 saturated heterocycles. The summed E-state index contributed by atoms with van der Waals surface area (Å²) in [4.78, 5) is 0. The van der Waals surface area contributed by atoms with E-state index in [2.05, 4.69) is 0 Å². The van der Waals surface area contributed by atoms with E-state index in [-0.39, 0.29) is 12.2 Å². The summed E-state index contributed by atoms with van der Waals surface area (Å²) in [6.45, 7) is 0. The summed E-state index contributed by atoms with van der Waals surface area (Å²) in [5.41, 5.74) is 0.607. The molecule has 3 atom stereocenters. The van der Waals surface area contributed by atoms with E-state index in [0.717, 1.165) is 25.7 Å². The van der Waals surface area contributed by atoms with Gasteiger partial charge in [0.2, 0.25) is 0 Å². The van der Waals surface area contributed by atoms with Crippen molar-refractivity contribution in [1.82, 2.24) is 0 Å². The first-order valence-corrected chi connectivity index (χ1v) is 6.56. The zero-order chi connectivity index (χ0) is 12.6. The smallest absolute Gasteiger partial charge is 0.169 e. The molecular weight excluding hydrogens is 230 g/mol. The van der Waals surface area contributed by atoms with Crippen molar-refractivity contribution >= 4 is 0 Å². The predicted octanol–water partition coefficient (Wildman–Crippen LogP) is 1.81. The molecule has 1 heterocycles. The van der Waals surface area contributed by atoms with Crippen LogP contribution in [-0.4, -0.2) is 29.2 Å². The zero-order valence-corrected chi connectivity index (χ0v) is 10.2. The van der Waals surface area contributed by atoms with Gasteiger partial charge < -0.3 is 14.6 Å². The van der Waals surface area contributed by atoms with E-state index in [9.17, 15) is 5.11 Å². The minimum atomic E-state index is -0.763. The number of aliphatic hydroxyl groups excluding tert-OH is 1. The molecule has 0 bridgehead atoms.